The Kier molecular flexibility index (Phi) is 14.6. The number of rotatable bonds is 17. The molecule has 2 aliphatic rings. The first-order valence-corrected chi connectivity index (χ1v) is 18.6. The van der Waals surface area contributed by atoms with Gasteiger partial charge in [-0.2, -0.15) is 9.97 Å². The summed E-state index contributed by atoms with van der Waals surface area (Å²) in [7, 11) is -4.32. The molecule has 0 unspecified atom stereocenters. The standard InChI is InChI=1S/C30H45ClN5O14P/c1-16(2)27(38)50-23-20(11-42-15-51(41,45-13-43-29(39)47-17(3)4)46-14-44-30(40)48-18(5)6)49-26(22(23)37)36-12-32-21-24(33-19-9-7-8-10-19)34-28(31)35-25(21)36/h12,16-20,22-23,26,37H,7-11,13-15H2,1-6H3,(H,33,34,35)/t20-,22-,23-,26-/m1/s1. The predicted molar refractivity (Wildman–Crippen MR) is 177 cm³/mol. The van der Waals surface area contributed by atoms with Crippen molar-refractivity contribution in [2.75, 3.05) is 31.9 Å². The summed E-state index contributed by atoms with van der Waals surface area (Å²) in [6.45, 7) is 7.49. The van der Waals surface area contributed by atoms with Crippen LogP contribution < -0.4 is 5.32 Å². The predicted octanol–water partition coefficient (Wildman–Crippen LogP) is 4.90. The first kappa shape index (κ1) is 40.5. The largest absolute Gasteiger partial charge is 0.510 e. The van der Waals surface area contributed by atoms with Crippen LogP contribution in [0.4, 0.5) is 15.4 Å². The van der Waals surface area contributed by atoms with Crippen molar-refractivity contribution in [1.29, 1.82) is 0 Å². The lowest BCUT2D eigenvalue weighted by Gasteiger charge is -2.23. The number of carbonyl (C=O) groups is 3. The molecule has 21 heteroatoms. The van der Waals surface area contributed by atoms with Crippen LogP contribution in [-0.2, 0) is 51.6 Å². The summed E-state index contributed by atoms with van der Waals surface area (Å²) in [5.74, 6) is -0.732. The van der Waals surface area contributed by atoms with Crippen LogP contribution in [0, 0.1) is 5.92 Å². The van der Waals surface area contributed by atoms with Crippen LogP contribution in [0.15, 0.2) is 6.33 Å². The second-order valence-corrected chi connectivity index (χ2v) is 15.0. The van der Waals surface area contributed by atoms with E-state index in [2.05, 4.69) is 20.3 Å². The molecular formula is C30H45ClN5O14P. The van der Waals surface area contributed by atoms with Crippen molar-refractivity contribution in [3.05, 3.63) is 11.6 Å². The Hall–Kier alpha value is -3.32. The molecule has 51 heavy (non-hydrogen) atoms. The lowest BCUT2D eigenvalue weighted by Crippen LogP contribution is -2.39. The smallest absolute Gasteiger partial charge is 0.456 e. The SMILES string of the molecule is CC(C)OC(=O)OCOP(=O)(COC[C@H]1O[C@@H](n2cnc3c(NC4CCCC4)nc(Cl)nc32)[C@H](O)[C@@H]1OC(=O)C(C)C)OCOC(=O)OC(C)C. The number of aromatic nitrogens is 4. The average molecular weight is 766 g/mol. The van der Waals surface area contributed by atoms with Gasteiger partial charge in [0.2, 0.25) is 18.9 Å². The molecule has 0 radical (unpaired) electrons. The monoisotopic (exact) mass is 765 g/mol. The zero-order chi connectivity index (χ0) is 37.3. The van der Waals surface area contributed by atoms with Gasteiger partial charge in [-0.05, 0) is 52.1 Å². The van der Waals surface area contributed by atoms with Crippen molar-refractivity contribution in [1.82, 2.24) is 19.5 Å². The highest BCUT2D eigenvalue weighted by atomic mass is 35.5. The number of halogens is 1. The first-order valence-electron chi connectivity index (χ1n) is 16.5. The van der Waals surface area contributed by atoms with E-state index in [-0.39, 0.29) is 17.0 Å². The molecule has 1 aliphatic heterocycles. The lowest BCUT2D eigenvalue weighted by molar-refractivity contribution is -0.161. The van der Waals surface area contributed by atoms with E-state index in [9.17, 15) is 24.1 Å². The normalized spacial score (nSPS) is 21.1. The van der Waals surface area contributed by atoms with Crippen LogP contribution in [0.5, 0.6) is 0 Å². The van der Waals surface area contributed by atoms with Crippen molar-refractivity contribution in [2.24, 2.45) is 5.92 Å². The van der Waals surface area contributed by atoms with Gasteiger partial charge in [0, 0.05) is 6.04 Å². The minimum absolute atomic E-state index is 0.0569. The highest BCUT2D eigenvalue weighted by Crippen LogP contribution is 2.48. The number of imidazole rings is 1. The van der Waals surface area contributed by atoms with Gasteiger partial charge in [0.25, 0.3) is 0 Å². The van der Waals surface area contributed by atoms with Crippen LogP contribution in [0.25, 0.3) is 11.2 Å². The molecule has 0 bridgehead atoms. The Morgan fingerprint density at radius 1 is 1.02 bits per heavy atom. The van der Waals surface area contributed by atoms with Crippen LogP contribution in [0.2, 0.25) is 5.28 Å². The Balaban J connectivity index is 1.49. The zero-order valence-electron chi connectivity index (χ0n) is 29.2. The molecule has 1 saturated carbocycles. The van der Waals surface area contributed by atoms with Gasteiger partial charge in [-0.1, -0.05) is 26.7 Å². The summed E-state index contributed by atoms with van der Waals surface area (Å²) in [5.41, 5.74) is 0.653. The molecule has 3 heterocycles. The van der Waals surface area contributed by atoms with Gasteiger partial charge in [0.05, 0.1) is 31.1 Å². The number of carbonyl (C=O) groups excluding carboxylic acids is 3. The van der Waals surface area contributed by atoms with Crippen molar-refractivity contribution in [3.63, 3.8) is 0 Å². The van der Waals surface area contributed by atoms with Gasteiger partial charge in [0.15, 0.2) is 29.3 Å². The third kappa shape index (κ3) is 11.6. The molecule has 2 fully saturated rings. The van der Waals surface area contributed by atoms with E-state index in [4.69, 9.17) is 53.8 Å². The fourth-order valence-corrected chi connectivity index (χ4v) is 6.24. The summed E-state index contributed by atoms with van der Waals surface area (Å²) in [4.78, 5) is 49.3. The molecule has 2 N–H and O–H groups in total. The highest BCUT2D eigenvalue weighted by Gasteiger charge is 2.48. The number of aliphatic hydroxyl groups is 1. The molecule has 19 nitrogen and oxygen atoms in total. The maximum atomic E-state index is 13.5. The second-order valence-electron chi connectivity index (χ2n) is 12.6. The summed E-state index contributed by atoms with van der Waals surface area (Å²) in [6, 6.07) is 0.198. The van der Waals surface area contributed by atoms with Crippen molar-refractivity contribution in [2.45, 2.75) is 110 Å². The molecule has 286 valence electrons. The highest BCUT2D eigenvalue weighted by molar-refractivity contribution is 7.53. The van der Waals surface area contributed by atoms with E-state index < -0.39 is 95.1 Å². The Morgan fingerprint density at radius 3 is 2.20 bits per heavy atom. The number of hydrogen-bond donors (Lipinski definition) is 2. The summed E-state index contributed by atoms with van der Waals surface area (Å²) in [5, 5.41) is 14.8. The molecule has 0 amide bonds. The summed E-state index contributed by atoms with van der Waals surface area (Å²) >= 11 is 6.29. The van der Waals surface area contributed by atoms with Gasteiger partial charge in [-0.3, -0.25) is 23.0 Å². The molecule has 0 spiro atoms. The number of nitrogens with zero attached hydrogens (tertiary/aromatic N) is 4. The van der Waals surface area contributed by atoms with Gasteiger partial charge >= 0.3 is 25.9 Å². The maximum Gasteiger partial charge on any atom is 0.510 e. The Bertz CT molecular complexity index is 1510. The van der Waals surface area contributed by atoms with Crippen LogP contribution >= 0.6 is 19.2 Å². The van der Waals surface area contributed by atoms with Crippen molar-refractivity contribution in [3.8, 4) is 0 Å². The average Bonchev–Trinajstić information content (AvgIpc) is 3.77. The summed E-state index contributed by atoms with van der Waals surface area (Å²) < 4.78 is 62.0. The quantitative estimate of drug-likeness (QED) is 0.0717. The van der Waals surface area contributed by atoms with Gasteiger partial charge in [0.1, 0.15) is 18.6 Å². The topological polar surface area (TPSA) is 227 Å². The fraction of sp³-hybridized carbons (Fsp3) is 0.733. The molecule has 1 saturated heterocycles. The van der Waals surface area contributed by atoms with Gasteiger partial charge in [-0.15, -0.1) is 0 Å². The van der Waals surface area contributed by atoms with E-state index in [1.807, 2.05) is 0 Å². The Morgan fingerprint density at radius 2 is 1.63 bits per heavy atom. The van der Waals surface area contributed by atoms with E-state index in [1.165, 1.54) is 10.9 Å². The fourth-order valence-electron chi connectivity index (χ4n) is 5.09. The molecular weight excluding hydrogens is 721 g/mol. The molecule has 2 aromatic heterocycles. The van der Waals surface area contributed by atoms with E-state index in [0.717, 1.165) is 25.7 Å². The van der Waals surface area contributed by atoms with Crippen LogP contribution in [0.3, 0.4) is 0 Å². The molecule has 4 rings (SSSR count). The Labute approximate surface area is 299 Å². The second kappa shape index (κ2) is 18.4. The number of nitrogens with one attached hydrogen (secondary N) is 1. The number of fused-ring (bicyclic) bond motifs is 1. The number of esters is 1. The zero-order valence-corrected chi connectivity index (χ0v) is 30.9. The van der Waals surface area contributed by atoms with Crippen molar-refractivity contribution < 1.29 is 66.3 Å². The third-order valence-corrected chi connectivity index (χ3v) is 9.11. The van der Waals surface area contributed by atoms with Gasteiger partial charge in [-0.25, -0.2) is 14.6 Å². The molecule has 0 aromatic carbocycles. The number of anilines is 1. The lowest BCUT2D eigenvalue weighted by atomic mass is 10.1. The van der Waals surface area contributed by atoms with E-state index >= 15 is 0 Å². The third-order valence-electron chi connectivity index (χ3n) is 7.45. The minimum atomic E-state index is -4.32. The molecule has 1 aliphatic carbocycles. The van der Waals surface area contributed by atoms with Crippen molar-refractivity contribution >= 4 is 54.5 Å². The van der Waals surface area contributed by atoms with E-state index in [0.29, 0.717) is 11.3 Å². The summed E-state index contributed by atoms with van der Waals surface area (Å²) in [6.07, 6.45) is -3.45. The van der Waals surface area contributed by atoms with Crippen LogP contribution in [-0.4, -0.2) is 106 Å². The number of hydrogen-bond acceptors (Lipinski definition) is 18. The molecule has 2 aromatic rings. The maximum absolute atomic E-state index is 13.5. The van der Waals surface area contributed by atoms with Crippen LogP contribution in [0.1, 0.15) is 73.5 Å². The number of ether oxygens (including phenoxy) is 7. The van der Waals surface area contributed by atoms with E-state index in [1.54, 1.807) is 41.5 Å². The van der Waals surface area contributed by atoms with Gasteiger partial charge < -0.3 is 43.6 Å². The molecule has 4 atom stereocenters. The first-order chi connectivity index (χ1) is 24.2. The minimum Gasteiger partial charge on any atom is -0.456 e. The number of aliphatic hydroxyl groups excluding tert-OH is 1.